The van der Waals surface area contributed by atoms with E-state index in [1.807, 2.05) is 12.1 Å². The van der Waals surface area contributed by atoms with Crippen molar-refractivity contribution in [1.29, 1.82) is 0 Å². The minimum atomic E-state index is 0.606. The monoisotopic (exact) mass is 1270 g/mol. The predicted octanol–water partition coefficient (Wildman–Crippen LogP) is 23.6. The molecule has 16 aromatic carbocycles. The normalized spacial score (nSPS) is 12.2. The maximum Gasteiger partial charge on any atom is 0.235 e. The first kappa shape index (κ1) is 54.7. The van der Waals surface area contributed by atoms with Crippen LogP contribution >= 0.6 is 0 Å². The Hall–Kier alpha value is -13.6. The lowest BCUT2D eigenvalue weighted by atomic mass is 9.96. The smallest absolute Gasteiger partial charge is 0.235 e. The van der Waals surface area contributed by atoms with Crippen LogP contribution in [-0.2, 0) is 0 Å². The molecule has 0 unspecified atom stereocenters. The summed E-state index contributed by atoms with van der Waals surface area (Å²) in [6, 6.07) is 119. The molecule has 100 heavy (non-hydrogen) atoms. The van der Waals surface area contributed by atoms with Crippen LogP contribution in [0.15, 0.2) is 328 Å². The van der Waals surface area contributed by atoms with Crippen molar-refractivity contribution in [2.45, 2.75) is 0 Å². The van der Waals surface area contributed by atoms with Crippen LogP contribution in [0.3, 0.4) is 0 Å². The zero-order valence-corrected chi connectivity index (χ0v) is 53.8. The molecule has 22 rings (SSSR count). The quantitative estimate of drug-likeness (QED) is 0.159. The van der Waals surface area contributed by atoms with Crippen molar-refractivity contribution in [3.05, 3.63) is 328 Å². The van der Waals surface area contributed by atoms with Crippen LogP contribution in [0.25, 0.3) is 209 Å². The second kappa shape index (κ2) is 21.0. The van der Waals surface area contributed by atoms with Gasteiger partial charge in [0.15, 0.2) is 5.82 Å². The maximum atomic E-state index is 5.74. The number of para-hydroxylation sites is 5. The standard InChI is InChI=1S/C92H54N8/c1-2-21-57(22-3-1)89-91(94-78-34-15-14-33-77(78)93-89)99-81-48-40-62-49-61(38-43-67(62)87(81)73-45-41-64(53-84(73)99)97-79-35-16-12-30-70(79)75-51-59-23-4-5-24-60(59)52-83(75)97)58-25-18-26-63(50-58)88-72-31-10-13-32-76(72)95-92(96-88)100-82-47-39-55-19-6-8-27-66(55)86(82)74-46-42-65(54-85(74)100)98-80-36-17-11-29-69(80)71-44-37-56-20-7-9-28-68(56)90(71)98/h1-54H. The highest BCUT2D eigenvalue weighted by Gasteiger charge is 2.26. The maximum absolute atomic E-state index is 5.74. The van der Waals surface area contributed by atoms with E-state index in [1.165, 1.54) is 64.8 Å². The van der Waals surface area contributed by atoms with E-state index in [-0.39, 0.29) is 0 Å². The minimum Gasteiger partial charge on any atom is -0.309 e. The molecule has 6 aromatic heterocycles. The molecule has 22 aromatic rings. The Labute approximate surface area is 571 Å². The van der Waals surface area contributed by atoms with Gasteiger partial charge >= 0.3 is 0 Å². The van der Waals surface area contributed by atoms with Crippen molar-refractivity contribution < 1.29 is 0 Å². The van der Waals surface area contributed by atoms with E-state index < -0.39 is 0 Å². The lowest BCUT2D eigenvalue weighted by Crippen LogP contribution is -2.04. The van der Waals surface area contributed by atoms with Crippen LogP contribution in [0, 0.1) is 0 Å². The summed E-state index contributed by atoms with van der Waals surface area (Å²) in [5.74, 6) is 1.38. The van der Waals surface area contributed by atoms with Crippen molar-refractivity contribution in [2.24, 2.45) is 0 Å². The zero-order valence-electron chi connectivity index (χ0n) is 53.8. The van der Waals surface area contributed by atoms with E-state index in [2.05, 4.69) is 334 Å². The van der Waals surface area contributed by atoms with Gasteiger partial charge in [0.1, 0.15) is 5.69 Å². The SMILES string of the molecule is c1ccc(-c2nc3ccccc3nc2-n2c3cc(-n4c5ccccc5c5cc6ccccc6cc54)ccc3c3c4ccc(-c5cccc(-c6nc(-n7c8cc(-n9c%10ccccc%10c%10ccc%11ccccc%11c%109)ccc8c8c9ccccc9ccc87)nc7ccccc67)c5)cc4ccc32)cc1. The van der Waals surface area contributed by atoms with Gasteiger partial charge in [-0.2, -0.15) is 0 Å². The van der Waals surface area contributed by atoms with E-state index in [4.69, 9.17) is 19.9 Å². The lowest BCUT2D eigenvalue weighted by Gasteiger charge is -2.15. The molecule has 0 amide bonds. The molecule has 0 bridgehead atoms. The van der Waals surface area contributed by atoms with Gasteiger partial charge in [0.2, 0.25) is 5.95 Å². The molecule has 0 N–H and O–H groups in total. The summed E-state index contributed by atoms with van der Waals surface area (Å²) in [6.07, 6.45) is 0. The van der Waals surface area contributed by atoms with Gasteiger partial charge in [-0.3, -0.25) is 9.13 Å². The second-order valence-electron chi connectivity index (χ2n) is 26.5. The average Bonchev–Trinajstić information content (AvgIpc) is 1.57. The van der Waals surface area contributed by atoms with Gasteiger partial charge in [-0.25, -0.2) is 19.9 Å². The highest BCUT2D eigenvalue weighted by molar-refractivity contribution is 6.25. The summed E-state index contributed by atoms with van der Waals surface area (Å²) < 4.78 is 9.55. The summed E-state index contributed by atoms with van der Waals surface area (Å²) >= 11 is 0. The minimum absolute atomic E-state index is 0.606. The Kier molecular flexibility index (Phi) is 11.5. The summed E-state index contributed by atoms with van der Waals surface area (Å²) in [5.41, 5.74) is 19.3. The van der Waals surface area contributed by atoms with E-state index in [1.54, 1.807) is 0 Å². The highest BCUT2D eigenvalue weighted by atomic mass is 15.2. The number of fused-ring (bicyclic) bond motifs is 21. The van der Waals surface area contributed by atoms with Gasteiger partial charge in [0.05, 0.1) is 66.4 Å². The Morgan fingerprint density at radius 2 is 0.710 bits per heavy atom. The van der Waals surface area contributed by atoms with Crippen LogP contribution in [0.2, 0.25) is 0 Å². The van der Waals surface area contributed by atoms with E-state index in [0.29, 0.717) is 5.95 Å². The fourth-order valence-corrected chi connectivity index (χ4v) is 16.6. The molecule has 0 saturated heterocycles. The fourth-order valence-electron chi connectivity index (χ4n) is 16.6. The number of aromatic nitrogens is 8. The second-order valence-corrected chi connectivity index (χ2v) is 26.5. The van der Waals surface area contributed by atoms with Gasteiger partial charge in [-0.15, -0.1) is 0 Å². The fraction of sp³-hybridized carbons (Fsp3) is 0. The van der Waals surface area contributed by atoms with Crippen molar-refractivity contribution in [3.63, 3.8) is 0 Å². The van der Waals surface area contributed by atoms with Gasteiger partial charge < -0.3 is 9.13 Å². The summed E-state index contributed by atoms with van der Waals surface area (Å²) in [6.45, 7) is 0. The lowest BCUT2D eigenvalue weighted by molar-refractivity contribution is 1.01. The van der Waals surface area contributed by atoms with Crippen LogP contribution in [0.4, 0.5) is 0 Å². The third kappa shape index (κ3) is 7.98. The average molecular weight is 1270 g/mol. The molecule has 0 saturated carbocycles. The molecule has 8 heteroatoms. The molecule has 0 aliphatic heterocycles. The van der Waals surface area contributed by atoms with Gasteiger partial charge in [-0.1, -0.05) is 237 Å². The van der Waals surface area contributed by atoms with Crippen LogP contribution in [-0.4, -0.2) is 38.2 Å². The van der Waals surface area contributed by atoms with Crippen LogP contribution < -0.4 is 0 Å². The topological polar surface area (TPSA) is 71.3 Å². The first-order valence-corrected chi connectivity index (χ1v) is 34.1. The van der Waals surface area contributed by atoms with Gasteiger partial charge in [0, 0.05) is 76.4 Å². The van der Waals surface area contributed by atoms with Gasteiger partial charge in [0.25, 0.3) is 0 Å². The Morgan fingerprint density at radius 3 is 1.48 bits per heavy atom. The molecule has 0 aliphatic rings. The highest BCUT2D eigenvalue weighted by Crippen LogP contribution is 2.46. The molecule has 0 fully saturated rings. The third-order valence-corrected chi connectivity index (χ3v) is 21.1. The summed E-state index contributed by atoms with van der Waals surface area (Å²) in [5, 5.41) is 19.9. The molecule has 0 radical (unpaired) electrons. The number of hydrogen-bond acceptors (Lipinski definition) is 4. The number of benzene rings is 16. The Bertz CT molecular complexity index is 7290. The Morgan fingerprint density at radius 1 is 0.200 bits per heavy atom. The van der Waals surface area contributed by atoms with Crippen LogP contribution in [0.5, 0.6) is 0 Å². The van der Waals surface area contributed by atoms with Crippen molar-refractivity contribution in [1.82, 2.24) is 38.2 Å². The molecule has 0 aliphatic carbocycles. The molecule has 0 atom stereocenters. The van der Waals surface area contributed by atoms with Crippen LogP contribution in [0.1, 0.15) is 0 Å². The third-order valence-electron chi connectivity index (χ3n) is 21.1. The first-order chi connectivity index (χ1) is 49.6. The van der Waals surface area contributed by atoms with E-state index in [0.717, 1.165) is 138 Å². The van der Waals surface area contributed by atoms with Crippen molar-refractivity contribution in [3.8, 4) is 56.8 Å². The van der Waals surface area contributed by atoms with Gasteiger partial charge in [-0.05, 0) is 140 Å². The molecule has 0 spiro atoms. The number of rotatable bonds is 7. The first-order valence-electron chi connectivity index (χ1n) is 34.1. The molecule has 6 heterocycles. The largest absolute Gasteiger partial charge is 0.309 e. The van der Waals surface area contributed by atoms with E-state index in [9.17, 15) is 0 Å². The van der Waals surface area contributed by atoms with Crippen molar-refractivity contribution >= 4 is 152 Å². The van der Waals surface area contributed by atoms with E-state index >= 15 is 0 Å². The Balaban J connectivity index is 0.727. The van der Waals surface area contributed by atoms with Crippen molar-refractivity contribution in [2.75, 3.05) is 0 Å². The summed E-state index contributed by atoms with van der Waals surface area (Å²) in [7, 11) is 0. The summed E-state index contributed by atoms with van der Waals surface area (Å²) in [4.78, 5) is 22.3. The zero-order chi connectivity index (χ0) is 65.3. The molecule has 8 nitrogen and oxygen atoms in total. The molecular weight excluding hydrogens is 1220 g/mol. The number of hydrogen-bond donors (Lipinski definition) is 0. The predicted molar refractivity (Wildman–Crippen MR) is 416 cm³/mol. The molecule has 462 valence electrons. The number of nitrogens with zero attached hydrogens (tertiary/aromatic N) is 8. The molecular formula is C92H54N8.